The van der Waals surface area contributed by atoms with Crippen molar-refractivity contribution in [2.45, 2.75) is 62.6 Å². The van der Waals surface area contributed by atoms with Crippen molar-refractivity contribution in [3.8, 4) is 0 Å². The lowest BCUT2D eigenvalue weighted by Gasteiger charge is -2.49. The SMILES string of the molecule is CS(=O)(=O)N[C@H]1CCCC[C@@H]1N1C(=O)c2ccccc2[C@@H](C(=O)NCCC2=NOC(=O)C2)[C@@H]1c1ccc(Cl)cc1Cl. The summed E-state index contributed by atoms with van der Waals surface area (Å²) in [5, 5.41) is 7.38. The maximum Gasteiger partial charge on any atom is 0.340 e. The Morgan fingerprint density at radius 2 is 1.85 bits per heavy atom. The third-order valence-corrected chi connectivity index (χ3v) is 9.02. The van der Waals surface area contributed by atoms with Crippen molar-refractivity contribution in [3.63, 3.8) is 0 Å². The van der Waals surface area contributed by atoms with E-state index in [0.29, 0.717) is 46.7 Å². The van der Waals surface area contributed by atoms with Gasteiger partial charge in [0, 0.05) is 40.7 Å². The monoisotopic (exact) mass is 620 g/mol. The third kappa shape index (κ3) is 6.43. The van der Waals surface area contributed by atoms with Crippen LogP contribution in [0.15, 0.2) is 47.6 Å². The van der Waals surface area contributed by atoms with Gasteiger partial charge in [0.25, 0.3) is 5.91 Å². The summed E-state index contributed by atoms with van der Waals surface area (Å²) in [6.45, 7) is 0.198. The van der Waals surface area contributed by atoms with Crippen molar-refractivity contribution in [2.24, 2.45) is 5.16 Å². The van der Waals surface area contributed by atoms with Gasteiger partial charge >= 0.3 is 5.97 Å². The van der Waals surface area contributed by atoms with Crippen LogP contribution >= 0.6 is 23.2 Å². The molecule has 1 aliphatic carbocycles. The van der Waals surface area contributed by atoms with Crippen LogP contribution in [0, 0.1) is 0 Å². The molecule has 218 valence electrons. The summed E-state index contributed by atoms with van der Waals surface area (Å²) in [6.07, 6.45) is 4.18. The number of fused-ring (bicyclic) bond motifs is 1. The molecular weight excluding hydrogens is 591 g/mol. The fraction of sp³-hybridized carbons (Fsp3) is 0.429. The molecule has 10 nitrogen and oxygen atoms in total. The summed E-state index contributed by atoms with van der Waals surface area (Å²) < 4.78 is 27.4. The molecule has 0 bridgehead atoms. The highest BCUT2D eigenvalue weighted by molar-refractivity contribution is 7.88. The average molecular weight is 622 g/mol. The van der Waals surface area contributed by atoms with Gasteiger partial charge in [0.1, 0.15) is 0 Å². The first-order valence-electron chi connectivity index (χ1n) is 13.4. The molecule has 13 heteroatoms. The zero-order valence-corrected chi connectivity index (χ0v) is 24.6. The van der Waals surface area contributed by atoms with Crippen molar-refractivity contribution in [2.75, 3.05) is 12.8 Å². The molecule has 2 aliphatic heterocycles. The lowest BCUT2D eigenvalue weighted by molar-refractivity contribution is -0.140. The number of carbonyl (C=O) groups is 3. The molecule has 2 aromatic rings. The zero-order chi connectivity index (χ0) is 29.3. The lowest BCUT2D eigenvalue weighted by Crippen LogP contribution is -2.59. The van der Waals surface area contributed by atoms with Crippen LogP contribution in [-0.2, 0) is 24.4 Å². The fourth-order valence-electron chi connectivity index (χ4n) is 6.05. The molecule has 4 atom stereocenters. The molecule has 3 aliphatic rings. The van der Waals surface area contributed by atoms with Gasteiger partial charge in [0.05, 0.1) is 30.3 Å². The molecule has 1 fully saturated rings. The van der Waals surface area contributed by atoms with Crippen LogP contribution in [0.25, 0.3) is 0 Å². The molecule has 0 unspecified atom stereocenters. The van der Waals surface area contributed by atoms with E-state index in [1.165, 1.54) is 0 Å². The molecule has 5 rings (SSSR count). The maximum absolute atomic E-state index is 14.3. The zero-order valence-electron chi connectivity index (χ0n) is 22.3. The Hall–Kier alpha value is -2.99. The first-order valence-corrected chi connectivity index (χ1v) is 16.1. The number of nitrogens with one attached hydrogen (secondary N) is 2. The van der Waals surface area contributed by atoms with Crippen molar-refractivity contribution in [3.05, 3.63) is 69.2 Å². The fourth-order valence-corrected chi connectivity index (χ4v) is 7.39. The second kappa shape index (κ2) is 12.1. The van der Waals surface area contributed by atoms with Crippen LogP contribution in [0.4, 0.5) is 0 Å². The van der Waals surface area contributed by atoms with E-state index in [2.05, 4.69) is 20.0 Å². The van der Waals surface area contributed by atoms with Gasteiger partial charge in [0.2, 0.25) is 15.9 Å². The van der Waals surface area contributed by atoms with E-state index in [0.717, 1.165) is 19.1 Å². The highest BCUT2D eigenvalue weighted by atomic mass is 35.5. The number of hydrogen-bond acceptors (Lipinski definition) is 7. The van der Waals surface area contributed by atoms with Crippen molar-refractivity contribution >= 4 is 56.7 Å². The minimum absolute atomic E-state index is 0.0732. The quantitative estimate of drug-likeness (QED) is 0.429. The van der Waals surface area contributed by atoms with Crippen LogP contribution in [0.3, 0.4) is 0 Å². The van der Waals surface area contributed by atoms with Crippen molar-refractivity contribution in [1.29, 1.82) is 0 Å². The summed E-state index contributed by atoms with van der Waals surface area (Å²) >= 11 is 13.0. The molecular formula is C28H30Cl2N4O6S. The van der Waals surface area contributed by atoms with Crippen LogP contribution < -0.4 is 10.0 Å². The number of sulfonamides is 1. The second-order valence-electron chi connectivity index (χ2n) is 10.6. The third-order valence-electron chi connectivity index (χ3n) is 7.73. The number of halogens is 2. The smallest absolute Gasteiger partial charge is 0.340 e. The number of benzene rings is 2. The lowest BCUT2D eigenvalue weighted by atomic mass is 9.76. The van der Waals surface area contributed by atoms with E-state index >= 15 is 0 Å². The highest BCUT2D eigenvalue weighted by Gasteiger charge is 2.49. The molecule has 0 aromatic heterocycles. The topological polar surface area (TPSA) is 134 Å². The van der Waals surface area contributed by atoms with Crippen LogP contribution in [0.1, 0.15) is 72.0 Å². The number of nitrogens with zero attached hydrogens (tertiary/aromatic N) is 2. The van der Waals surface area contributed by atoms with Crippen molar-refractivity contribution < 1.29 is 27.6 Å². The molecule has 2 amide bonds. The van der Waals surface area contributed by atoms with E-state index in [4.69, 9.17) is 23.2 Å². The van der Waals surface area contributed by atoms with Gasteiger partial charge in [-0.2, -0.15) is 0 Å². The Bertz CT molecular complexity index is 1510. The highest BCUT2D eigenvalue weighted by Crippen LogP contribution is 2.47. The normalized spacial score (nSPS) is 24.5. The molecule has 2 heterocycles. The van der Waals surface area contributed by atoms with E-state index in [9.17, 15) is 22.8 Å². The second-order valence-corrected chi connectivity index (χ2v) is 13.2. The van der Waals surface area contributed by atoms with Crippen LogP contribution in [0.2, 0.25) is 10.0 Å². The van der Waals surface area contributed by atoms with E-state index in [1.807, 2.05) is 0 Å². The van der Waals surface area contributed by atoms with E-state index < -0.39 is 40.0 Å². The van der Waals surface area contributed by atoms with Gasteiger partial charge in [-0.3, -0.25) is 9.59 Å². The van der Waals surface area contributed by atoms with Gasteiger partial charge in [-0.05, 0) is 42.2 Å². The summed E-state index contributed by atoms with van der Waals surface area (Å²) in [5.41, 5.74) is 1.98. The molecule has 1 saturated carbocycles. The molecule has 0 saturated heterocycles. The number of rotatable bonds is 8. The first-order chi connectivity index (χ1) is 19.5. The summed E-state index contributed by atoms with van der Waals surface area (Å²) in [6, 6.07) is 9.97. The van der Waals surface area contributed by atoms with E-state index in [1.54, 1.807) is 47.4 Å². The Kier molecular flexibility index (Phi) is 8.70. The predicted octanol–water partition coefficient (Wildman–Crippen LogP) is 3.94. The first kappa shape index (κ1) is 29.5. The van der Waals surface area contributed by atoms with Gasteiger partial charge in [-0.25, -0.2) is 17.9 Å². The number of hydrogen-bond donors (Lipinski definition) is 2. The van der Waals surface area contributed by atoms with E-state index in [-0.39, 0.29) is 29.8 Å². The number of amides is 2. The standard InChI is InChI=1S/C28H30Cl2N4O6S/c1-41(38,39)33-22-8-4-5-9-23(22)34-26(20-11-10-16(29)14-21(20)30)25(18-6-2-3-7-19(18)28(34)37)27(36)31-13-12-17-15-24(35)40-32-17/h2-3,6-7,10-11,14,22-23,25-26,33H,4-5,8-9,12-13,15H2,1H3,(H,31,36)/t22-,23-,25+,26-/m0/s1. The molecule has 41 heavy (non-hydrogen) atoms. The largest absolute Gasteiger partial charge is 0.355 e. The molecule has 2 aromatic carbocycles. The van der Waals surface area contributed by atoms with Gasteiger partial charge in [0.15, 0.2) is 0 Å². The summed E-state index contributed by atoms with van der Waals surface area (Å²) in [7, 11) is -3.58. The Balaban J connectivity index is 1.59. The van der Waals surface area contributed by atoms with Crippen LogP contribution in [0.5, 0.6) is 0 Å². The number of carbonyl (C=O) groups excluding carboxylic acids is 3. The van der Waals surface area contributed by atoms with Gasteiger partial charge < -0.3 is 15.1 Å². The Morgan fingerprint density at radius 1 is 1.10 bits per heavy atom. The van der Waals surface area contributed by atoms with Crippen LogP contribution in [-0.4, -0.2) is 61.7 Å². The predicted molar refractivity (Wildman–Crippen MR) is 154 cm³/mol. The average Bonchev–Trinajstić information content (AvgIpc) is 3.33. The minimum Gasteiger partial charge on any atom is -0.355 e. The molecule has 0 spiro atoms. The van der Waals surface area contributed by atoms with Gasteiger partial charge in [-0.15, -0.1) is 0 Å². The van der Waals surface area contributed by atoms with Crippen molar-refractivity contribution in [1.82, 2.24) is 14.9 Å². The minimum atomic E-state index is -3.58. The van der Waals surface area contributed by atoms with Gasteiger partial charge in [-0.1, -0.05) is 65.5 Å². The Labute approximate surface area is 248 Å². The Morgan fingerprint density at radius 3 is 2.56 bits per heavy atom. The molecule has 0 radical (unpaired) electrons. The number of oxime groups is 1. The summed E-state index contributed by atoms with van der Waals surface area (Å²) in [4.78, 5) is 46.0. The molecule has 2 N–H and O–H groups in total. The maximum atomic E-state index is 14.3. The summed E-state index contributed by atoms with van der Waals surface area (Å²) in [5.74, 6) is -1.96.